The van der Waals surface area contributed by atoms with Gasteiger partial charge in [0.2, 0.25) is 0 Å². The fourth-order valence-electron chi connectivity index (χ4n) is 3.46. The summed E-state index contributed by atoms with van der Waals surface area (Å²) in [5.74, 6) is 2.52. The third-order valence-corrected chi connectivity index (χ3v) is 4.70. The molecule has 2 aromatic rings. The number of piperidine rings is 1. The predicted octanol–water partition coefficient (Wildman–Crippen LogP) is 2.81. The zero-order chi connectivity index (χ0) is 15.8. The number of rotatable bonds is 4. The molecule has 1 N–H and O–H groups in total. The molecule has 0 radical (unpaired) electrons. The highest BCUT2D eigenvalue weighted by Gasteiger charge is 2.38. The zero-order valence-electron chi connectivity index (χ0n) is 13.1. The molecule has 2 fully saturated rings. The summed E-state index contributed by atoms with van der Waals surface area (Å²) in [5, 5.41) is 3.16. The highest BCUT2D eigenvalue weighted by Crippen LogP contribution is 2.28. The number of carbonyl (C=O) groups is 1. The molecule has 4 rings (SSSR count). The molecule has 1 amide bonds. The summed E-state index contributed by atoms with van der Waals surface area (Å²) >= 11 is 0. The Hall–Kier alpha value is -2.27. The van der Waals surface area contributed by atoms with Crippen LogP contribution in [-0.4, -0.2) is 36.5 Å². The number of benzene rings is 1. The third kappa shape index (κ3) is 2.97. The number of fused-ring (bicyclic) bond motifs is 2. The van der Waals surface area contributed by atoms with Gasteiger partial charge in [-0.25, -0.2) is 0 Å². The van der Waals surface area contributed by atoms with E-state index in [2.05, 4.69) is 10.2 Å². The number of hydrogen-bond donors (Lipinski definition) is 1. The van der Waals surface area contributed by atoms with E-state index in [1.807, 2.05) is 13.0 Å². The Bertz CT molecular complexity index is 707. The van der Waals surface area contributed by atoms with Crippen molar-refractivity contribution >= 4 is 5.91 Å². The lowest BCUT2D eigenvalue weighted by Gasteiger charge is -2.23. The minimum absolute atomic E-state index is 0.0101. The molecule has 0 spiro atoms. The van der Waals surface area contributed by atoms with E-state index in [9.17, 15) is 4.79 Å². The minimum Gasteiger partial charge on any atom is -0.431 e. The maximum atomic E-state index is 12.4. The quantitative estimate of drug-likeness (QED) is 0.943. The molecular weight excluding hydrogens is 292 g/mol. The molecular formula is C18H20N2O3. The first kappa shape index (κ1) is 14.3. The fourth-order valence-corrected chi connectivity index (χ4v) is 3.46. The molecule has 2 aliphatic rings. The number of hydrogen-bond acceptors (Lipinski definition) is 4. The van der Waals surface area contributed by atoms with Gasteiger partial charge in [0, 0.05) is 30.8 Å². The summed E-state index contributed by atoms with van der Waals surface area (Å²) in [4.78, 5) is 14.8. The van der Waals surface area contributed by atoms with Gasteiger partial charge < -0.3 is 19.4 Å². The number of nitrogens with zero attached hydrogens (tertiary/aromatic N) is 1. The molecule has 2 aliphatic heterocycles. The minimum atomic E-state index is -0.0101. The monoisotopic (exact) mass is 312 g/mol. The molecule has 3 atom stereocenters. The van der Waals surface area contributed by atoms with Gasteiger partial charge in [0.15, 0.2) is 0 Å². The van der Waals surface area contributed by atoms with Gasteiger partial charge in [0.25, 0.3) is 11.9 Å². The maximum Gasteiger partial charge on any atom is 0.290 e. The van der Waals surface area contributed by atoms with E-state index in [-0.39, 0.29) is 5.91 Å². The Kier molecular flexibility index (Phi) is 3.58. The Balaban J connectivity index is 1.38. The Morgan fingerprint density at radius 2 is 2.04 bits per heavy atom. The van der Waals surface area contributed by atoms with Crippen LogP contribution < -0.4 is 10.1 Å². The van der Waals surface area contributed by atoms with Crippen molar-refractivity contribution in [2.24, 2.45) is 5.92 Å². The van der Waals surface area contributed by atoms with Crippen molar-refractivity contribution in [3.05, 3.63) is 47.7 Å². The second kappa shape index (κ2) is 5.74. The fraction of sp³-hybridized carbons (Fsp3) is 0.389. The van der Waals surface area contributed by atoms with Crippen LogP contribution in [0.25, 0.3) is 0 Å². The van der Waals surface area contributed by atoms with Gasteiger partial charge in [-0.1, -0.05) is 0 Å². The van der Waals surface area contributed by atoms with Crippen LogP contribution in [0.4, 0.5) is 0 Å². The summed E-state index contributed by atoms with van der Waals surface area (Å²) in [7, 11) is 0. The Morgan fingerprint density at radius 3 is 2.65 bits per heavy atom. The molecule has 2 saturated heterocycles. The van der Waals surface area contributed by atoms with Gasteiger partial charge in [-0.2, -0.15) is 0 Å². The summed E-state index contributed by atoms with van der Waals surface area (Å²) in [6, 6.07) is 11.1. The van der Waals surface area contributed by atoms with Crippen molar-refractivity contribution in [2.45, 2.75) is 19.4 Å². The van der Waals surface area contributed by atoms with E-state index in [0.717, 1.165) is 18.8 Å². The average Bonchev–Trinajstić information content (AvgIpc) is 3.25. The summed E-state index contributed by atoms with van der Waals surface area (Å²) in [5.41, 5.74) is 0.658. The summed E-state index contributed by atoms with van der Waals surface area (Å²) in [6.45, 7) is 5.15. The number of ether oxygens (including phenoxy) is 1. The highest BCUT2D eigenvalue weighted by atomic mass is 16.6. The van der Waals surface area contributed by atoms with Crippen LogP contribution in [0.2, 0.25) is 0 Å². The second-order valence-electron chi connectivity index (χ2n) is 6.38. The lowest BCUT2D eigenvalue weighted by molar-refractivity contribution is 0.0924. The number of aryl methyl sites for hydroxylation is 1. The molecule has 2 bridgehead atoms. The molecule has 5 nitrogen and oxygen atoms in total. The molecule has 120 valence electrons. The van der Waals surface area contributed by atoms with Gasteiger partial charge in [-0.15, -0.1) is 0 Å². The van der Waals surface area contributed by atoms with Crippen LogP contribution in [0.3, 0.4) is 0 Å². The zero-order valence-corrected chi connectivity index (χ0v) is 13.1. The number of nitrogens with one attached hydrogen (secondary N) is 1. The van der Waals surface area contributed by atoms with Crippen LogP contribution in [-0.2, 0) is 0 Å². The Morgan fingerprint density at radius 1 is 1.22 bits per heavy atom. The molecule has 5 heteroatoms. The van der Waals surface area contributed by atoms with Crippen molar-refractivity contribution in [2.75, 3.05) is 19.6 Å². The Labute approximate surface area is 135 Å². The van der Waals surface area contributed by atoms with Crippen molar-refractivity contribution in [1.29, 1.82) is 0 Å². The van der Waals surface area contributed by atoms with E-state index in [4.69, 9.17) is 9.15 Å². The van der Waals surface area contributed by atoms with Crippen molar-refractivity contribution < 1.29 is 13.9 Å². The molecule has 23 heavy (non-hydrogen) atoms. The van der Waals surface area contributed by atoms with Crippen molar-refractivity contribution in [3.8, 4) is 11.7 Å². The van der Waals surface area contributed by atoms with Crippen LogP contribution in [0.1, 0.15) is 22.5 Å². The van der Waals surface area contributed by atoms with Gasteiger partial charge in [-0.3, -0.25) is 4.79 Å². The van der Waals surface area contributed by atoms with Crippen molar-refractivity contribution in [3.63, 3.8) is 0 Å². The number of furan rings is 1. The van der Waals surface area contributed by atoms with Crippen LogP contribution in [0.15, 0.2) is 40.8 Å². The normalized spacial score (nSPS) is 25.5. The topological polar surface area (TPSA) is 54.7 Å². The predicted molar refractivity (Wildman–Crippen MR) is 85.8 cm³/mol. The molecule has 1 aromatic carbocycles. The van der Waals surface area contributed by atoms with E-state index >= 15 is 0 Å². The van der Waals surface area contributed by atoms with Crippen molar-refractivity contribution in [1.82, 2.24) is 10.2 Å². The third-order valence-electron chi connectivity index (χ3n) is 4.70. The lowest BCUT2D eigenvalue weighted by atomic mass is 9.99. The molecule has 3 heterocycles. The largest absolute Gasteiger partial charge is 0.431 e. The van der Waals surface area contributed by atoms with Crippen LogP contribution >= 0.6 is 0 Å². The van der Waals surface area contributed by atoms with Crippen LogP contribution in [0.5, 0.6) is 11.7 Å². The smallest absolute Gasteiger partial charge is 0.290 e. The van der Waals surface area contributed by atoms with Gasteiger partial charge >= 0.3 is 0 Å². The first-order valence-corrected chi connectivity index (χ1v) is 8.05. The van der Waals surface area contributed by atoms with Gasteiger partial charge in [-0.05, 0) is 56.1 Å². The SMILES string of the molecule is Cc1ccc(Oc2ccc(C(=O)NC3CN4CCC3C4)cc2)o1. The highest BCUT2D eigenvalue weighted by molar-refractivity contribution is 5.94. The van der Waals surface area contributed by atoms with E-state index in [1.54, 1.807) is 30.3 Å². The summed E-state index contributed by atoms with van der Waals surface area (Å²) in [6.07, 6.45) is 1.19. The van der Waals surface area contributed by atoms with E-state index in [1.165, 1.54) is 13.0 Å². The first-order valence-electron chi connectivity index (χ1n) is 8.05. The maximum absolute atomic E-state index is 12.4. The second-order valence-corrected chi connectivity index (χ2v) is 6.38. The number of carbonyl (C=O) groups excluding carboxylic acids is 1. The van der Waals surface area contributed by atoms with E-state index in [0.29, 0.717) is 29.2 Å². The first-order chi connectivity index (χ1) is 11.2. The van der Waals surface area contributed by atoms with Gasteiger partial charge in [0.1, 0.15) is 11.5 Å². The summed E-state index contributed by atoms with van der Waals surface area (Å²) < 4.78 is 11.0. The molecule has 0 aliphatic carbocycles. The van der Waals surface area contributed by atoms with Crippen LogP contribution in [0, 0.1) is 12.8 Å². The number of amides is 1. The standard InChI is InChI=1S/C18H20N2O3/c1-12-2-7-17(22-12)23-15-5-3-13(4-6-15)18(21)19-16-11-20-9-8-14(16)10-20/h2-7,14,16H,8-11H2,1H3,(H,19,21). The molecule has 1 aromatic heterocycles. The van der Waals surface area contributed by atoms with Gasteiger partial charge in [0.05, 0.1) is 0 Å². The average molecular weight is 312 g/mol. The molecule has 3 unspecified atom stereocenters. The van der Waals surface area contributed by atoms with E-state index < -0.39 is 0 Å². The lowest BCUT2D eigenvalue weighted by Crippen LogP contribution is -2.43. The molecule has 0 saturated carbocycles.